The number of cyclic esters (lactones) is 1. The van der Waals surface area contributed by atoms with Gasteiger partial charge in [0.2, 0.25) is 0 Å². The van der Waals surface area contributed by atoms with Crippen molar-refractivity contribution in [3.63, 3.8) is 0 Å². The van der Waals surface area contributed by atoms with Crippen LogP contribution in [-0.2, 0) is 23.9 Å². The summed E-state index contributed by atoms with van der Waals surface area (Å²) in [5, 5.41) is 0. The first kappa shape index (κ1) is 20.1. The second kappa shape index (κ2) is 7.78. The lowest BCUT2D eigenvalue weighted by atomic mass is 9.64. The van der Waals surface area contributed by atoms with Crippen LogP contribution in [0.3, 0.4) is 0 Å². The van der Waals surface area contributed by atoms with Crippen LogP contribution in [0.4, 0.5) is 0 Å². The number of ketones is 1. The van der Waals surface area contributed by atoms with Gasteiger partial charge in [-0.1, -0.05) is 25.5 Å². The number of allylic oxidation sites excluding steroid dienone is 1. The Kier molecular flexibility index (Phi) is 5.59. The molecule has 2 heterocycles. The third kappa shape index (κ3) is 3.96. The quantitative estimate of drug-likeness (QED) is 0.709. The molecule has 3 rings (SSSR count). The van der Waals surface area contributed by atoms with Crippen LogP contribution in [0.25, 0.3) is 0 Å². The standard InChI is InChI=1S/C22H26O6/c1-13-11-18(24)20(27-14(2)23)22(3,4)17(13)7-5-15-6-8-19(28-21(15)25)16-9-10-26-12-16/h6,9-12,17,19-20H,5,7-8H2,1-4H3. The van der Waals surface area contributed by atoms with Crippen molar-refractivity contribution in [1.29, 1.82) is 0 Å². The molecule has 0 N–H and O–H groups in total. The molecule has 2 aliphatic rings. The molecule has 3 unspecified atom stereocenters. The van der Waals surface area contributed by atoms with Crippen LogP contribution in [0.2, 0.25) is 0 Å². The zero-order valence-corrected chi connectivity index (χ0v) is 16.7. The molecule has 150 valence electrons. The van der Waals surface area contributed by atoms with Gasteiger partial charge in [0.25, 0.3) is 0 Å². The van der Waals surface area contributed by atoms with Gasteiger partial charge < -0.3 is 13.9 Å². The van der Waals surface area contributed by atoms with Crippen molar-refractivity contribution in [3.8, 4) is 0 Å². The van der Waals surface area contributed by atoms with E-state index in [1.54, 1.807) is 24.7 Å². The molecule has 1 aliphatic heterocycles. The maximum atomic E-state index is 12.4. The normalized spacial score (nSPS) is 26.9. The highest BCUT2D eigenvalue weighted by Gasteiger charge is 2.46. The Balaban J connectivity index is 1.71. The fourth-order valence-electron chi connectivity index (χ4n) is 4.26. The lowest BCUT2D eigenvalue weighted by molar-refractivity contribution is -0.161. The molecule has 0 saturated heterocycles. The maximum absolute atomic E-state index is 12.4. The lowest BCUT2D eigenvalue weighted by Crippen LogP contribution is -2.47. The smallest absolute Gasteiger partial charge is 0.334 e. The summed E-state index contributed by atoms with van der Waals surface area (Å²) in [4.78, 5) is 36.2. The van der Waals surface area contributed by atoms with Crippen LogP contribution >= 0.6 is 0 Å². The van der Waals surface area contributed by atoms with Gasteiger partial charge in [-0.25, -0.2) is 4.79 Å². The Morgan fingerprint density at radius 1 is 1.32 bits per heavy atom. The van der Waals surface area contributed by atoms with Crippen LogP contribution in [0.1, 0.15) is 58.6 Å². The maximum Gasteiger partial charge on any atom is 0.334 e. The van der Waals surface area contributed by atoms with E-state index in [0.29, 0.717) is 24.8 Å². The first-order valence-corrected chi connectivity index (χ1v) is 9.51. The molecule has 6 nitrogen and oxygen atoms in total. The van der Waals surface area contributed by atoms with Crippen LogP contribution in [0, 0.1) is 11.3 Å². The van der Waals surface area contributed by atoms with Gasteiger partial charge in [-0.15, -0.1) is 0 Å². The molecule has 0 radical (unpaired) electrons. The van der Waals surface area contributed by atoms with E-state index in [2.05, 4.69) is 0 Å². The molecule has 0 amide bonds. The fourth-order valence-corrected chi connectivity index (χ4v) is 4.26. The molecule has 0 bridgehead atoms. The monoisotopic (exact) mass is 386 g/mol. The zero-order chi connectivity index (χ0) is 20.5. The summed E-state index contributed by atoms with van der Waals surface area (Å²) in [5.74, 6) is -0.967. The second-order valence-electron chi connectivity index (χ2n) is 8.11. The van der Waals surface area contributed by atoms with Crippen LogP contribution < -0.4 is 0 Å². The molecule has 0 fully saturated rings. The van der Waals surface area contributed by atoms with Crippen molar-refractivity contribution in [2.75, 3.05) is 0 Å². The van der Waals surface area contributed by atoms with Crippen LogP contribution in [0.15, 0.2) is 46.3 Å². The van der Waals surface area contributed by atoms with Crippen LogP contribution in [-0.4, -0.2) is 23.8 Å². The highest BCUT2D eigenvalue weighted by molar-refractivity contribution is 5.97. The van der Waals surface area contributed by atoms with Gasteiger partial charge in [-0.3, -0.25) is 9.59 Å². The highest BCUT2D eigenvalue weighted by Crippen LogP contribution is 2.44. The summed E-state index contributed by atoms with van der Waals surface area (Å²) in [7, 11) is 0. The second-order valence-corrected chi connectivity index (χ2v) is 8.11. The van der Waals surface area contributed by atoms with Gasteiger partial charge in [0.1, 0.15) is 6.10 Å². The van der Waals surface area contributed by atoms with Gasteiger partial charge >= 0.3 is 11.9 Å². The highest BCUT2D eigenvalue weighted by atomic mass is 16.6. The van der Waals surface area contributed by atoms with Crippen LogP contribution in [0.5, 0.6) is 0 Å². The average Bonchev–Trinajstić information content (AvgIpc) is 3.14. The Hall–Kier alpha value is -2.63. The minimum atomic E-state index is -0.809. The number of esters is 2. The molecule has 0 spiro atoms. The number of furan rings is 1. The number of carbonyl (C=O) groups excluding carboxylic acids is 3. The molecule has 6 heteroatoms. The molecule has 1 aliphatic carbocycles. The summed E-state index contributed by atoms with van der Waals surface area (Å²) in [6.07, 6.45) is 7.32. The summed E-state index contributed by atoms with van der Waals surface area (Å²) >= 11 is 0. The fraction of sp³-hybridized carbons (Fsp3) is 0.500. The first-order valence-electron chi connectivity index (χ1n) is 9.51. The molecule has 1 aromatic rings. The molecule has 0 saturated carbocycles. The number of carbonyl (C=O) groups is 3. The number of hydrogen-bond acceptors (Lipinski definition) is 6. The summed E-state index contributed by atoms with van der Waals surface area (Å²) in [6.45, 7) is 7.09. The molecule has 3 atom stereocenters. The predicted molar refractivity (Wildman–Crippen MR) is 101 cm³/mol. The lowest BCUT2D eigenvalue weighted by Gasteiger charge is -2.43. The number of hydrogen-bond donors (Lipinski definition) is 0. The molecule has 1 aromatic heterocycles. The van der Waals surface area contributed by atoms with Crippen molar-refractivity contribution in [2.45, 2.75) is 59.2 Å². The minimum absolute atomic E-state index is 0.00912. The van der Waals surface area contributed by atoms with Crippen molar-refractivity contribution in [3.05, 3.63) is 47.5 Å². The van der Waals surface area contributed by atoms with E-state index in [1.165, 1.54) is 6.92 Å². The third-order valence-electron chi connectivity index (χ3n) is 5.74. The largest absolute Gasteiger partial charge is 0.472 e. The Labute approximate surface area is 164 Å². The van der Waals surface area contributed by atoms with Gasteiger partial charge in [-0.2, -0.15) is 0 Å². The SMILES string of the molecule is CC(=O)OC1C(=O)C=C(C)C(CCC2=CCC(c3ccoc3)OC2=O)C1(C)C. The molecular formula is C22H26O6. The Morgan fingerprint density at radius 3 is 2.68 bits per heavy atom. The molecular weight excluding hydrogens is 360 g/mol. The van der Waals surface area contributed by atoms with Crippen molar-refractivity contribution >= 4 is 17.7 Å². The van der Waals surface area contributed by atoms with E-state index >= 15 is 0 Å². The van der Waals surface area contributed by atoms with Gasteiger partial charge in [0.15, 0.2) is 11.9 Å². The molecule has 0 aromatic carbocycles. The Morgan fingerprint density at radius 2 is 2.07 bits per heavy atom. The average molecular weight is 386 g/mol. The van der Waals surface area contributed by atoms with E-state index in [-0.39, 0.29) is 23.8 Å². The minimum Gasteiger partial charge on any atom is -0.472 e. The number of rotatable bonds is 5. The van der Waals surface area contributed by atoms with E-state index in [0.717, 1.165) is 11.1 Å². The van der Waals surface area contributed by atoms with Crippen molar-refractivity contribution in [2.24, 2.45) is 11.3 Å². The van der Waals surface area contributed by atoms with Gasteiger partial charge in [0.05, 0.1) is 12.5 Å². The summed E-state index contributed by atoms with van der Waals surface area (Å²) in [6, 6.07) is 1.79. The first-order chi connectivity index (χ1) is 13.2. The van der Waals surface area contributed by atoms with Gasteiger partial charge in [-0.05, 0) is 37.8 Å². The molecule has 28 heavy (non-hydrogen) atoms. The zero-order valence-electron chi connectivity index (χ0n) is 16.7. The van der Waals surface area contributed by atoms with Crippen molar-refractivity contribution in [1.82, 2.24) is 0 Å². The summed E-state index contributed by atoms with van der Waals surface area (Å²) in [5.41, 5.74) is 1.88. The summed E-state index contributed by atoms with van der Waals surface area (Å²) < 4.78 is 15.9. The van der Waals surface area contributed by atoms with E-state index in [9.17, 15) is 14.4 Å². The Bertz CT molecular complexity index is 827. The predicted octanol–water partition coefficient (Wildman–Crippen LogP) is 4.08. The third-order valence-corrected chi connectivity index (χ3v) is 5.74. The van der Waals surface area contributed by atoms with Gasteiger partial charge in [0, 0.05) is 29.9 Å². The number of ether oxygens (including phenoxy) is 2. The van der Waals surface area contributed by atoms with E-state index in [1.807, 2.05) is 26.8 Å². The van der Waals surface area contributed by atoms with Crippen molar-refractivity contribution < 1.29 is 28.3 Å². The van der Waals surface area contributed by atoms with E-state index in [4.69, 9.17) is 13.9 Å². The topological polar surface area (TPSA) is 82.8 Å². The van der Waals surface area contributed by atoms with E-state index < -0.39 is 17.5 Å².